The van der Waals surface area contributed by atoms with Gasteiger partial charge in [-0.3, -0.25) is 9.59 Å². The van der Waals surface area contributed by atoms with Gasteiger partial charge < -0.3 is 48.1 Å². The molecule has 0 aliphatic heterocycles. The molecule has 0 rings (SSSR count). The summed E-state index contributed by atoms with van der Waals surface area (Å²) in [5.41, 5.74) is 0. The van der Waals surface area contributed by atoms with Gasteiger partial charge in [0.05, 0.1) is 85.9 Å². The highest BCUT2D eigenvalue weighted by Gasteiger charge is 2.04. The molecule has 0 aromatic rings. The quantitative estimate of drug-likeness (QED) is 0.109. The minimum absolute atomic E-state index is 0.0565. The van der Waals surface area contributed by atoms with Gasteiger partial charge in [-0.15, -0.1) is 0 Å². The second kappa shape index (κ2) is 26.7. The molecule has 0 aromatic carbocycles. The zero-order valence-corrected chi connectivity index (χ0v) is 20.3. The van der Waals surface area contributed by atoms with Crippen molar-refractivity contribution in [3.8, 4) is 0 Å². The SMILES string of the molecule is O=C(O)CCCCC(=O)OCCOCCOCCOCCOCCOCCOCCOCC(=O)O. The Morgan fingerprint density at radius 3 is 1.14 bits per heavy atom. The molecule has 13 heteroatoms. The fourth-order valence-corrected chi connectivity index (χ4v) is 2.31. The predicted octanol–water partition coefficient (Wildman–Crippen LogP) is 0.375. The first-order valence-electron chi connectivity index (χ1n) is 11.7. The number of rotatable bonds is 28. The van der Waals surface area contributed by atoms with Crippen LogP contribution in [0.4, 0.5) is 0 Å². The van der Waals surface area contributed by atoms with Crippen LogP contribution in [0.25, 0.3) is 0 Å². The number of carboxylic acids is 2. The lowest BCUT2D eigenvalue weighted by Gasteiger charge is -2.08. The summed E-state index contributed by atoms with van der Waals surface area (Å²) >= 11 is 0. The normalized spacial score (nSPS) is 11.0. The first kappa shape index (κ1) is 33.1. The number of carboxylic acid groups (broad SMARTS) is 2. The van der Waals surface area contributed by atoms with E-state index in [0.717, 1.165) is 0 Å². The Bertz CT molecular complexity index is 516. The lowest BCUT2D eigenvalue weighted by atomic mass is 10.2. The maximum absolute atomic E-state index is 11.4. The first-order valence-corrected chi connectivity index (χ1v) is 11.7. The third-order valence-electron chi connectivity index (χ3n) is 3.97. The number of esters is 1. The van der Waals surface area contributed by atoms with Gasteiger partial charge in [0.1, 0.15) is 13.2 Å². The van der Waals surface area contributed by atoms with Crippen molar-refractivity contribution in [3.63, 3.8) is 0 Å². The highest BCUT2D eigenvalue weighted by atomic mass is 16.6. The molecule has 0 atom stereocenters. The predicted molar refractivity (Wildman–Crippen MR) is 120 cm³/mol. The van der Waals surface area contributed by atoms with E-state index in [4.69, 9.17) is 48.1 Å². The Hall–Kier alpha value is -1.87. The van der Waals surface area contributed by atoms with Crippen LogP contribution in [0.2, 0.25) is 0 Å². The molecule has 0 spiro atoms. The molecule has 0 saturated heterocycles. The molecule has 0 unspecified atom stereocenters. The molecule has 0 fully saturated rings. The lowest BCUT2D eigenvalue weighted by molar-refractivity contribution is -0.146. The second-order valence-electron chi connectivity index (χ2n) is 6.94. The average Bonchev–Trinajstić information content (AvgIpc) is 2.82. The Morgan fingerprint density at radius 2 is 0.771 bits per heavy atom. The van der Waals surface area contributed by atoms with Gasteiger partial charge in [0, 0.05) is 12.8 Å². The Kier molecular flexibility index (Phi) is 25.3. The van der Waals surface area contributed by atoms with Crippen molar-refractivity contribution >= 4 is 17.9 Å². The molecule has 0 aliphatic rings. The fraction of sp³-hybridized carbons (Fsp3) is 0.864. The average molecular weight is 513 g/mol. The summed E-state index contributed by atoms with van der Waals surface area (Å²) in [6.07, 6.45) is 1.22. The van der Waals surface area contributed by atoms with Crippen molar-refractivity contribution in [2.45, 2.75) is 25.7 Å². The van der Waals surface area contributed by atoms with Gasteiger partial charge >= 0.3 is 17.9 Å². The molecule has 206 valence electrons. The Morgan fingerprint density at radius 1 is 0.429 bits per heavy atom. The van der Waals surface area contributed by atoms with Crippen LogP contribution in [-0.2, 0) is 52.3 Å². The van der Waals surface area contributed by atoms with Gasteiger partial charge in [-0.2, -0.15) is 0 Å². The van der Waals surface area contributed by atoms with Crippen molar-refractivity contribution in [1.29, 1.82) is 0 Å². The van der Waals surface area contributed by atoms with Crippen molar-refractivity contribution in [2.75, 3.05) is 99.1 Å². The van der Waals surface area contributed by atoms with Crippen LogP contribution < -0.4 is 0 Å². The molecule has 0 heterocycles. The van der Waals surface area contributed by atoms with Gasteiger partial charge in [0.25, 0.3) is 0 Å². The fourth-order valence-electron chi connectivity index (χ4n) is 2.31. The van der Waals surface area contributed by atoms with Gasteiger partial charge in [-0.25, -0.2) is 4.79 Å². The summed E-state index contributed by atoms with van der Waals surface area (Å²) in [6.45, 7) is 4.89. The number of unbranched alkanes of at least 4 members (excludes halogenated alkanes) is 1. The molecule has 2 N–H and O–H groups in total. The number of hydrogen-bond donors (Lipinski definition) is 2. The minimum atomic E-state index is -1.01. The number of aliphatic carboxylic acids is 2. The number of hydrogen-bond acceptors (Lipinski definition) is 11. The van der Waals surface area contributed by atoms with Gasteiger partial charge in [0.2, 0.25) is 0 Å². The summed E-state index contributed by atoms with van der Waals surface area (Å²) in [6, 6.07) is 0. The molecule has 0 aliphatic carbocycles. The van der Waals surface area contributed by atoms with Crippen LogP contribution in [0.5, 0.6) is 0 Å². The van der Waals surface area contributed by atoms with Gasteiger partial charge in [0.15, 0.2) is 0 Å². The van der Waals surface area contributed by atoms with Crippen LogP contribution in [0.3, 0.4) is 0 Å². The molecule has 0 bridgehead atoms. The van der Waals surface area contributed by atoms with Crippen LogP contribution in [0, 0.1) is 0 Å². The summed E-state index contributed by atoms with van der Waals surface area (Å²) in [5.74, 6) is -2.23. The summed E-state index contributed by atoms with van der Waals surface area (Å²) in [4.78, 5) is 32.0. The summed E-state index contributed by atoms with van der Waals surface area (Å²) in [5, 5.41) is 16.9. The van der Waals surface area contributed by atoms with Crippen molar-refractivity contribution in [3.05, 3.63) is 0 Å². The number of carbonyl (C=O) groups excluding carboxylic acids is 1. The van der Waals surface area contributed by atoms with E-state index in [0.29, 0.717) is 85.5 Å². The summed E-state index contributed by atoms with van der Waals surface area (Å²) in [7, 11) is 0. The highest BCUT2D eigenvalue weighted by Crippen LogP contribution is 2.01. The maximum atomic E-state index is 11.4. The first-order chi connectivity index (χ1) is 17.0. The van der Waals surface area contributed by atoms with Crippen molar-refractivity contribution < 1.29 is 62.5 Å². The minimum Gasteiger partial charge on any atom is -0.481 e. The monoisotopic (exact) mass is 512 g/mol. The molecule has 0 radical (unpaired) electrons. The number of ether oxygens (including phenoxy) is 8. The second-order valence-corrected chi connectivity index (χ2v) is 6.94. The molecule has 13 nitrogen and oxygen atoms in total. The van der Waals surface area contributed by atoms with E-state index in [1.165, 1.54) is 0 Å². The topological polar surface area (TPSA) is 166 Å². The van der Waals surface area contributed by atoms with E-state index in [1.54, 1.807) is 0 Å². The highest BCUT2D eigenvalue weighted by molar-refractivity contribution is 5.69. The Balaban J connectivity index is 3.11. The standard InChI is InChI=1S/C22H40O13/c23-20(24)3-1-2-4-22(27)35-18-17-33-14-13-31-10-9-29-6-5-28-7-8-30-11-12-32-15-16-34-19-21(25)26/h1-19H2,(H,23,24)(H,25,26). The smallest absolute Gasteiger partial charge is 0.329 e. The van der Waals surface area contributed by atoms with Crippen molar-refractivity contribution in [1.82, 2.24) is 0 Å². The largest absolute Gasteiger partial charge is 0.481 e. The summed E-state index contributed by atoms with van der Waals surface area (Å²) < 4.78 is 41.7. The molecular formula is C22H40O13. The van der Waals surface area contributed by atoms with E-state index < -0.39 is 11.9 Å². The number of carbonyl (C=O) groups is 3. The van der Waals surface area contributed by atoms with Crippen LogP contribution in [0.15, 0.2) is 0 Å². The van der Waals surface area contributed by atoms with Crippen LogP contribution in [0.1, 0.15) is 25.7 Å². The van der Waals surface area contributed by atoms with Crippen LogP contribution >= 0.6 is 0 Å². The zero-order chi connectivity index (χ0) is 25.8. The van der Waals surface area contributed by atoms with Gasteiger partial charge in [-0.05, 0) is 12.8 Å². The van der Waals surface area contributed by atoms with E-state index in [9.17, 15) is 14.4 Å². The molecule has 0 amide bonds. The molecule has 0 aromatic heterocycles. The lowest BCUT2D eigenvalue weighted by Crippen LogP contribution is -2.15. The van der Waals surface area contributed by atoms with Crippen LogP contribution in [-0.4, -0.2) is 127 Å². The molecule has 35 heavy (non-hydrogen) atoms. The van der Waals surface area contributed by atoms with Gasteiger partial charge in [-0.1, -0.05) is 0 Å². The molecular weight excluding hydrogens is 472 g/mol. The third-order valence-corrected chi connectivity index (χ3v) is 3.97. The van der Waals surface area contributed by atoms with E-state index in [-0.39, 0.29) is 45.2 Å². The maximum Gasteiger partial charge on any atom is 0.329 e. The Labute approximate surface area is 205 Å². The zero-order valence-electron chi connectivity index (χ0n) is 20.3. The van der Waals surface area contributed by atoms with E-state index in [1.807, 2.05) is 0 Å². The van der Waals surface area contributed by atoms with E-state index in [2.05, 4.69) is 0 Å². The van der Waals surface area contributed by atoms with Crippen molar-refractivity contribution in [2.24, 2.45) is 0 Å². The third kappa shape index (κ3) is 30.1. The van der Waals surface area contributed by atoms with E-state index >= 15 is 0 Å². The molecule has 0 saturated carbocycles.